The molecular weight excluding hydrogens is 346 g/mol. The van der Waals surface area contributed by atoms with E-state index in [0.29, 0.717) is 15.4 Å². The Morgan fingerprint density at radius 2 is 2.19 bits per heavy atom. The molecule has 0 radical (unpaired) electrons. The number of nitro benzene ring substituents is 1. The Bertz CT molecular complexity index is 447. The van der Waals surface area contributed by atoms with E-state index in [1.54, 1.807) is 0 Å². The molecule has 7 heteroatoms. The molecule has 0 saturated carbocycles. The van der Waals surface area contributed by atoms with E-state index >= 15 is 0 Å². The van der Waals surface area contributed by atoms with E-state index in [9.17, 15) is 14.9 Å². The van der Waals surface area contributed by atoms with Crippen LogP contribution < -0.4 is 0 Å². The number of hydrogen-bond donors (Lipinski definition) is 0. The molecule has 1 rings (SSSR count). The molecule has 0 spiro atoms. The minimum absolute atomic E-state index is 0.0657. The van der Waals surface area contributed by atoms with Crippen LogP contribution in [0.25, 0.3) is 0 Å². The summed E-state index contributed by atoms with van der Waals surface area (Å²) in [4.78, 5) is 21.5. The molecule has 16 heavy (non-hydrogen) atoms. The highest BCUT2D eigenvalue weighted by Crippen LogP contribution is 2.29. The van der Waals surface area contributed by atoms with E-state index < -0.39 is 10.9 Å². The van der Waals surface area contributed by atoms with Gasteiger partial charge in [0.1, 0.15) is 5.56 Å². The fourth-order valence-corrected chi connectivity index (χ4v) is 2.46. The lowest BCUT2D eigenvalue weighted by Crippen LogP contribution is -2.06. The zero-order valence-electron chi connectivity index (χ0n) is 8.20. The van der Waals surface area contributed by atoms with Crippen LogP contribution in [-0.4, -0.2) is 18.0 Å². The standard InChI is InChI=1S/C9H7Br2NO4/c1-16-9(13)6-3-7(11)5(4-10)2-8(6)12(14)15/h2-3H,4H2,1H3. The second-order valence-corrected chi connectivity index (χ2v) is 4.26. The highest BCUT2D eigenvalue weighted by atomic mass is 79.9. The first-order valence-corrected chi connectivity index (χ1v) is 6.03. The summed E-state index contributed by atoms with van der Waals surface area (Å²) in [5, 5.41) is 11.2. The maximum absolute atomic E-state index is 11.3. The lowest BCUT2D eigenvalue weighted by Gasteiger charge is -2.05. The topological polar surface area (TPSA) is 69.4 Å². The number of esters is 1. The van der Waals surface area contributed by atoms with Crippen LogP contribution in [0.15, 0.2) is 16.6 Å². The number of halogens is 2. The molecule has 1 aromatic rings. The van der Waals surface area contributed by atoms with E-state index in [4.69, 9.17) is 0 Å². The SMILES string of the molecule is COC(=O)c1cc(Br)c(CBr)cc1[N+](=O)[O-]. The largest absolute Gasteiger partial charge is 0.465 e. The molecule has 0 N–H and O–H groups in total. The van der Waals surface area contributed by atoms with Crippen LogP contribution in [0.2, 0.25) is 0 Å². The molecular formula is C9H7Br2NO4. The quantitative estimate of drug-likeness (QED) is 0.363. The first kappa shape index (κ1) is 13.1. The minimum Gasteiger partial charge on any atom is -0.465 e. The first-order valence-electron chi connectivity index (χ1n) is 4.12. The van der Waals surface area contributed by atoms with Gasteiger partial charge in [0.05, 0.1) is 12.0 Å². The monoisotopic (exact) mass is 351 g/mol. The third-order valence-corrected chi connectivity index (χ3v) is 3.25. The van der Waals surface area contributed by atoms with Crippen molar-refractivity contribution in [2.45, 2.75) is 5.33 Å². The lowest BCUT2D eigenvalue weighted by atomic mass is 10.1. The van der Waals surface area contributed by atoms with Gasteiger partial charge in [0.2, 0.25) is 0 Å². The minimum atomic E-state index is -0.728. The molecule has 0 atom stereocenters. The van der Waals surface area contributed by atoms with Crippen molar-refractivity contribution in [2.24, 2.45) is 0 Å². The molecule has 0 bridgehead atoms. The smallest absolute Gasteiger partial charge is 0.344 e. The van der Waals surface area contributed by atoms with Gasteiger partial charge >= 0.3 is 5.97 Å². The van der Waals surface area contributed by atoms with Crippen molar-refractivity contribution in [1.29, 1.82) is 0 Å². The fraction of sp³-hybridized carbons (Fsp3) is 0.222. The number of carbonyl (C=O) groups excluding carboxylic acids is 1. The Morgan fingerprint density at radius 1 is 1.56 bits per heavy atom. The van der Waals surface area contributed by atoms with E-state index in [0.717, 1.165) is 0 Å². The number of rotatable bonds is 3. The Balaban J connectivity index is 3.42. The number of ether oxygens (including phenoxy) is 1. The van der Waals surface area contributed by atoms with Gasteiger partial charge in [-0.1, -0.05) is 31.9 Å². The van der Waals surface area contributed by atoms with Gasteiger partial charge in [0.15, 0.2) is 0 Å². The summed E-state index contributed by atoms with van der Waals surface area (Å²) < 4.78 is 5.10. The summed E-state index contributed by atoms with van der Waals surface area (Å²) in [6, 6.07) is 2.73. The van der Waals surface area contributed by atoms with E-state index in [1.165, 1.54) is 19.2 Å². The Hall–Kier alpha value is -0.950. The number of nitro groups is 1. The summed E-state index contributed by atoms with van der Waals surface area (Å²) in [5.74, 6) is -0.728. The first-order chi connectivity index (χ1) is 7.51. The molecule has 0 heterocycles. The zero-order valence-corrected chi connectivity index (χ0v) is 11.4. The Labute approximate surface area is 108 Å². The van der Waals surface area contributed by atoms with Gasteiger partial charge < -0.3 is 4.74 Å². The number of hydrogen-bond acceptors (Lipinski definition) is 4. The second-order valence-electron chi connectivity index (χ2n) is 2.84. The molecule has 0 aromatic heterocycles. The van der Waals surface area contributed by atoms with Gasteiger partial charge in [-0.25, -0.2) is 4.79 Å². The molecule has 0 aliphatic carbocycles. The average Bonchev–Trinajstić information content (AvgIpc) is 2.27. The molecule has 1 aromatic carbocycles. The van der Waals surface area contributed by atoms with Gasteiger partial charge in [0, 0.05) is 15.9 Å². The zero-order chi connectivity index (χ0) is 12.3. The third kappa shape index (κ3) is 2.59. The van der Waals surface area contributed by atoms with Crippen LogP contribution in [-0.2, 0) is 10.1 Å². The predicted molar refractivity (Wildman–Crippen MR) is 64.8 cm³/mol. The van der Waals surface area contributed by atoms with Gasteiger partial charge in [-0.15, -0.1) is 0 Å². The molecule has 0 aliphatic heterocycles. The van der Waals surface area contributed by atoms with Crippen molar-refractivity contribution >= 4 is 43.5 Å². The number of methoxy groups -OCH3 is 1. The average molecular weight is 353 g/mol. The van der Waals surface area contributed by atoms with Crippen molar-refractivity contribution in [1.82, 2.24) is 0 Å². The molecule has 0 aliphatic rings. The maximum Gasteiger partial charge on any atom is 0.344 e. The van der Waals surface area contributed by atoms with E-state index in [-0.39, 0.29) is 11.3 Å². The normalized spacial score (nSPS) is 9.94. The van der Waals surface area contributed by atoms with Crippen molar-refractivity contribution in [2.75, 3.05) is 7.11 Å². The summed E-state index contributed by atoms with van der Waals surface area (Å²) in [6.45, 7) is 0. The number of benzene rings is 1. The molecule has 5 nitrogen and oxygen atoms in total. The Morgan fingerprint density at radius 3 is 2.62 bits per heavy atom. The van der Waals surface area contributed by atoms with Crippen molar-refractivity contribution in [3.63, 3.8) is 0 Å². The predicted octanol–water partition coefficient (Wildman–Crippen LogP) is 3.04. The van der Waals surface area contributed by atoms with E-state index in [1.807, 2.05) is 0 Å². The summed E-state index contributed by atoms with van der Waals surface area (Å²) in [7, 11) is 1.18. The van der Waals surface area contributed by atoms with Crippen LogP contribution in [0.4, 0.5) is 5.69 Å². The van der Waals surface area contributed by atoms with Crippen molar-refractivity contribution in [3.8, 4) is 0 Å². The highest BCUT2D eigenvalue weighted by Gasteiger charge is 2.22. The van der Waals surface area contributed by atoms with Gasteiger partial charge in [-0.05, 0) is 11.6 Å². The summed E-state index contributed by atoms with van der Waals surface area (Å²) >= 11 is 6.43. The lowest BCUT2D eigenvalue weighted by molar-refractivity contribution is -0.385. The van der Waals surface area contributed by atoms with Crippen LogP contribution in [0, 0.1) is 10.1 Å². The van der Waals surface area contributed by atoms with Crippen molar-refractivity contribution < 1.29 is 14.5 Å². The highest BCUT2D eigenvalue weighted by molar-refractivity contribution is 9.10. The summed E-state index contributed by atoms with van der Waals surface area (Å²) in [6.07, 6.45) is 0. The van der Waals surface area contributed by atoms with Crippen LogP contribution >= 0.6 is 31.9 Å². The van der Waals surface area contributed by atoms with E-state index in [2.05, 4.69) is 36.6 Å². The molecule has 86 valence electrons. The number of nitrogens with zero attached hydrogens (tertiary/aromatic N) is 1. The van der Waals surface area contributed by atoms with Crippen molar-refractivity contribution in [3.05, 3.63) is 37.8 Å². The molecule has 0 fully saturated rings. The third-order valence-electron chi connectivity index (χ3n) is 1.91. The molecule has 0 saturated heterocycles. The van der Waals surface area contributed by atoms with Crippen LogP contribution in [0.5, 0.6) is 0 Å². The van der Waals surface area contributed by atoms with Gasteiger partial charge in [-0.3, -0.25) is 10.1 Å². The fourth-order valence-electron chi connectivity index (χ4n) is 1.13. The van der Waals surface area contributed by atoms with Crippen LogP contribution in [0.3, 0.4) is 0 Å². The number of carbonyl (C=O) groups is 1. The molecule has 0 amide bonds. The van der Waals surface area contributed by atoms with Gasteiger partial charge in [-0.2, -0.15) is 0 Å². The molecule has 0 unspecified atom stereocenters. The summed E-state index contributed by atoms with van der Waals surface area (Å²) in [5.41, 5.74) is 0.368. The number of alkyl halides is 1. The second kappa shape index (κ2) is 5.40. The maximum atomic E-state index is 11.3. The Kier molecular flexibility index (Phi) is 4.43. The van der Waals surface area contributed by atoms with Gasteiger partial charge in [0.25, 0.3) is 5.69 Å². The van der Waals surface area contributed by atoms with Crippen LogP contribution in [0.1, 0.15) is 15.9 Å².